The largest absolute Gasteiger partial charge is 1.00 e. The van der Waals surface area contributed by atoms with E-state index in [4.69, 9.17) is 9.97 Å². The van der Waals surface area contributed by atoms with E-state index in [1.165, 1.54) is 9.13 Å². The van der Waals surface area contributed by atoms with Gasteiger partial charge in [0.15, 0.2) is 56.1 Å². The summed E-state index contributed by atoms with van der Waals surface area (Å²) in [5.41, 5.74) is 17.0. The van der Waals surface area contributed by atoms with Gasteiger partial charge in [-0.25, -0.2) is 28.2 Å². The number of halogens is 5. The van der Waals surface area contributed by atoms with Crippen molar-refractivity contribution < 1.29 is 107 Å². The van der Waals surface area contributed by atoms with Crippen LogP contribution in [0.5, 0.6) is 0 Å². The number of fused-ring (bicyclic) bond motifs is 8. The van der Waals surface area contributed by atoms with Crippen molar-refractivity contribution in [3.05, 3.63) is 179 Å². The number of nitrogens with zero attached hydrogens (tertiary/aromatic N) is 6. The fraction of sp³-hybridized carbons (Fsp3) is 0.0800. The van der Waals surface area contributed by atoms with Gasteiger partial charge in [-0.05, 0) is 106 Å². The second-order valence-electron chi connectivity index (χ2n) is 15.1. The molecule has 2 N–H and O–H groups in total. The fourth-order valence-corrected chi connectivity index (χ4v) is 8.31. The van der Waals surface area contributed by atoms with Gasteiger partial charge < -0.3 is 98.9 Å². The van der Waals surface area contributed by atoms with Gasteiger partial charge in [-0.3, -0.25) is 0 Å². The molecule has 0 spiro atoms. The highest BCUT2D eigenvalue weighted by Crippen LogP contribution is 2.38. The van der Waals surface area contributed by atoms with Crippen LogP contribution in [0.1, 0.15) is 28.3 Å². The number of aromatic amines is 2. The minimum absolute atomic E-state index is 0. The van der Waals surface area contributed by atoms with Crippen LogP contribution in [0, 0.1) is 3.57 Å². The zero-order chi connectivity index (χ0) is 40.0. The number of hydrogen-bond acceptors (Lipinski definition) is 2. The van der Waals surface area contributed by atoms with Gasteiger partial charge in [-0.15, -0.1) is 0 Å². The lowest BCUT2D eigenvalue weighted by Crippen LogP contribution is -3.00. The summed E-state index contributed by atoms with van der Waals surface area (Å²) < 4.78 is 9.61. The summed E-state index contributed by atoms with van der Waals surface area (Å²) in [7, 11) is 6.12. The van der Waals surface area contributed by atoms with Crippen molar-refractivity contribution in [3.63, 3.8) is 0 Å². The molecule has 0 unspecified atom stereocenters. The fourth-order valence-electron chi connectivity index (χ4n) is 7.95. The van der Waals surface area contributed by atoms with Crippen molar-refractivity contribution in [2.24, 2.45) is 21.1 Å². The third-order valence-electron chi connectivity index (χ3n) is 11.0. The SMILES string of the molecule is C[n+]1ccc(-c2c3nc(c(-c4cc[n+](C)cc4)c4ccc([nH]4)c(-c4cc[n+](Cc5ccc(I)cc5)cc4)c4nc(c(-c5cc[n+](C)cc5)c5ccc2[nH]5)C=C4)C=C3)cc1.[Br-].[I-].[I-].[I-]. The Hall–Kier alpha value is -4.18. The topological polar surface area (TPSA) is 72.9 Å². The molecule has 0 aliphatic carbocycles. The summed E-state index contributed by atoms with van der Waals surface area (Å²) in [5, 5.41) is 0. The van der Waals surface area contributed by atoms with Gasteiger partial charge >= 0.3 is 0 Å². The zero-order valence-electron chi connectivity index (χ0n) is 34.4. The lowest BCUT2D eigenvalue weighted by molar-refractivity contribution is -0.688. The number of hydrogen-bond donors (Lipinski definition) is 2. The smallest absolute Gasteiger partial charge is 0.173 e. The van der Waals surface area contributed by atoms with E-state index < -0.39 is 0 Å². The predicted molar refractivity (Wildman–Crippen MR) is 243 cm³/mol. The van der Waals surface area contributed by atoms with E-state index in [2.05, 4.69) is 222 Å². The van der Waals surface area contributed by atoms with Gasteiger partial charge in [-0.1, -0.05) is 12.1 Å². The molecule has 2 aliphatic heterocycles. The Morgan fingerprint density at radius 2 is 0.698 bits per heavy atom. The number of H-pyrrole nitrogens is 2. The molecule has 0 fully saturated rings. The van der Waals surface area contributed by atoms with Gasteiger partial charge in [0.2, 0.25) is 0 Å². The zero-order valence-corrected chi connectivity index (χ0v) is 44.7. The van der Waals surface area contributed by atoms with Gasteiger partial charge in [0.25, 0.3) is 0 Å². The number of rotatable bonds is 6. The molecule has 316 valence electrons. The Kier molecular flexibility index (Phi) is 15.9. The Morgan fingerprint density at radius 3 is 1.00 bits per heavy atom. The Morgan fingerprint density at radius 1 is 0.413 bits per heavy atom. The highest BCUT2D eigenvalue weighted by Gasteiger charge is 2.20. The molecule has 2 aliphatic rings. The normalized spacial score (nSPS) is 11.2. The summed E-state index contributed by atoms with van der Waals surface area (Å²) >= 11 is 2.35. The lowest BCUT2D eigenvalue weighted by atomic mass is 10.0. The van der Waals surface area contributed by atoms with E-state index in [0.29, 0.717) is 0 Å². The van der Waals surface area contributed by atoms with Crippen molar-refractivity contribution in [1.82, 2.24) is 19.9 Å². The molecule has 8 nitrogen and oxygen atoms in total. The standard InChI is InChI=1S/C50H40IN8.BrH.3HI/c1-56-24-16-34(17-25-56)47-39-8-10-41(52-39)48(35-18-26-57(2)27-19-35)43-12-14-45(54-43)50(37-22-30-59(31-23-37)32-33-4-6-38(51)7-5-33)46-15-13-44(55-46)49(42-11-9-40(47)53-42)36-20-28-58(3)29-21-36;;;;/h4-31H,32H2,1-3H3,(H,52,53,54,55);4*1H/q+3;;;;/p-3. The van der Waals surface area contributed by atoms with E-state index >= 15 is 0 Å². The van der Waals surface area contributed by atoms with Crippen molar-refractivity contribution in [2.45, 2.75) is 6.54 Å². The molecular formula is C50H41BrI4N8. The van der Waals surface area contributed by atoms with Crippen LogP contribution in [0.2, 0.25) is 0 Å². The molecule has 0 atom stereocenters. The Labute approximate surface area is 441 Å². The Balaban J connectivity index is 0.00000165. The van der Waals surface area contributed by atoms with Crippen LogP contribution in [0.4, 0.5) is 0 Å². The van der Waals surface area contributed by atoms with E-state index in [-0.39, 0.29) is 88.9 Å². The highest BCUT2D eigenvalue weighted by atomic mass is 127. The van der Waals surface area contributed by atoms with Crippen LogP contribution in [0.15, 0.2) is 147 Å². The number of aryl methyl sites for hydroxylation is 3. The van der Waals surface area contributed by atoms with E-state index in [0.717, 1.165) is 95.9 Å². The second-order valence-corrected chi connectivity index (χ2v) is 16.4. The predicted octanol–water partition coefficient (Wildman–Crippen LogP) is -3.25. The maximum absolute atomic E-state index is 5.47. The van der Waals surface area contributed by atoms with Gasteiger partial charge in [0, 0.05) is 102 Å². The molecule has 9 heterocycles. The molecule has 0 saturated carbocycles. The first-order valence-electron chi connectivity index (χ1n) is 19.6. The molecule has 0 amide bonds. The minimum atomic E-state index is 0. The molecule has 0 radical (unpaired) electrons. The first-order chi connectivity index (χ1) is 28.8. The van der Waals surface area contributed by atoms with Crippen LogP contribution < -0.4 is 107 Å². The van der Waals surface area contributed by atoms with Gasteiger partial charge in [0.05, 0.1) is 22.8 Å². The molecule has 13 heteroatoms. The monoisotopic (exact) mass is 1340 g/mol. The molecule has 10 rings (SSSR count). The first-order valence-corrected chi connectivity index (χ1v) is 20.7. The summed E-state index contributed by atoms with van der Waals surface area (Å²) in [4.78, 5) is 18.6. The van der Waals surface area contributed by atoms with Crippen LogP contribution >= 0.6 is 22.6 Å². The van der Waals surface area contributed by atoms with E-state index in [1.54, 1.807) is 0 Å². The molecule has 0 saturated heterocycles. The van der Waals surface area contributed by atoms with Crippen molar-refractivity contribution in [2.75, 3.05) is 0 Å². The van der Waals surface area contributed by atoms with Gasteiger partial charge in [-0.2, -0.15) is 0 Å². The molecular weight excluding hydrogens is 1300 g/mol. The molecule has 8 bridgehead atoms. The van der Waals surface area contributed by atoms with E-state index in [9.17, 15) is 0 Å². The maximum Gasteiger partial charge on any atom is 0.173 e. The summed E-state index contributed by atoms with van der Waals surface area (Å²) in [6.07, 6.45) is 25.4. The molecule has 1 aromatic carbocycles. The number of pyridine rings is 4. The molecule has 8 aromatic rings. The lowest BCUT2D eigenvalue weighted by Gasteiger charge is -2.06. The highest BCUT2D eigenvalue weighted by molar-refractivity contribution is 14.1. The van der Waals surface area contributed by atoms with Crippen molar-refractivity contribution in [3.8, 4) is 44.5 Å². The second kappa shape index (κ2) is 20.8. The van der Waals surface area contributed by atoms with Crippen LogP contribution in [-0.2, 0) is 27.7 Å². The number of aromatic nitrogens is 8. The van der Waals surface area contributed by atoms with Crippen molar-refractivity contribution >= 4 is 69.0 Å². The number of nitrogens with one attached hydrogen (secondary N) is 2. The first kappa shape index (κ1) is 48.3. The summed E-state index contributed by atoms with van der Waals surface area (Å²) in [6, 6.07) is 34.7. The average molecular weight is 1340 g/mol. The van der Waals surface area contributed by atoms with Crippen LogP contribution in [0.25, 0.3) is 90.9 Å². The van der Waals surface area contributed by atoms with E-state index in [1.807, 2.05) is 21.1 Å². The average Bonchev–Trinajstić information content (AvgIpc) is 4.10. The summed E-state index contributed by atoms with van der Waals surface area (Å²) in [6.45, 7) is 0.785. The van der Waals surface area contributed by atoms with Crippen molar-refractivity contribution in [1.29, 1.82) is 0 Å². The van der Waals surface area contributed by atoms with Crippen LogP contribution in [-0.4, -0.2) is 19.9 Å². The van der Waals surface area contributed by atoms with Gasteiger partial charge in [0.1, 0.15) is 21.1 Å². The molecule has 63 heavy (non-hydrogen) atoms. The third kappa shape index (κ3) is 10.1. The third-order valence-corrected chi connectivity index (χ3v) is 11.7. The Bertz CT molecular complexity index is 3100. The number of benzene rings is 1. The summed E-state index contributed by atoms with van der Waals surface area (Å²) in [5.74, 6) is 0. The maximum atomic E-state index is 5.47. The quantitative estimate of drug-likeness (QED) is 0.136. The van der Waals surface area contributed by atoms with Crippen LogP contribution in [0.3, 0.4) is 0 Å². The minimum Gasteiger partial charge on any atom is -1.00 e. The molecule has 7 aromatic heterocycles.